The van der Waals surface area contributed by atoms with Crippen LogP contribution in [0.25, 0.3) is 6.08 Å². The number of benzene rings is 1. The SMILES string of the molecule is COc1cc(/C=C\C(=O)c2c(C)nn(C)c2C)ccc1SC. The van der Waals surface area contributed by atoms with E-state index in [1.54, 1.807) is 35.7 Å². The zero-order valence-corrected chi connectivity index (χ0v) is 14.3. The number of hydrogen-bond acceptors (Lipinski definition) is 4. The van der Waals surface area contributed by atoms with Gasteiger partial charge in [-0.2, -0.15) is 5.10 Å². The molecule has 116 valence electrons. The number of aryl methyl sites for hydroxylation is 2. The average molecular weight is 316 g/mol. The van der Waals surface area contributed by atoms with Gasteiger partial charge < -0.3 is 4.74 Å². The van der Waals surface area contributed by atoms with Crippen LogP contribution >= 0.6 is 11.8 Å². The molecular weight excluding hydrogens is 296 g/mol. The highest BCUT2D eigenvalue weighted by atomic mass is 32.2. The molecule has 0 aliphatic carbocycles. The number of aromatic nitrogens is 2. The van der Waals surface area contributed by atoms with Crippen LogP contribution in [0.5, 0.6) is 5.75 Å². The molecule has 0 unspecified atom stereocenters. The lowest BCUT2D eigenvalue weighted by Crippen LogP contribution is -1.99. The van der Waals surface area contributed by atoms with Crippen molar-refractivity contribution in [3.63, 3.8) is 0 Å². The third-order valence-corrected chi connectivity index (χ3v) is 4.37. The first-order chi connectivity index (χ1) is 10.5. The molecule has 22 heavy (non-hydrogen) atoms. The van der Waals surface area contributed by atoms with Gasteiger partial charge in [0.05, 0.1) is 18.4 Å². The lowest BCUT2D eigenvalue weighted by atomic mass is 10.1. The second kappa shape index (κ2) is 6.83. The molecule has 1 aromatic heterocycles. The highest BCUT2D eigenvalue weighted by Crippen LogP contribution is 2.28. The molecule has 0 aliphatic rings. The first-order valence-electron chi connectivity index (χ1n) is 6.92. The molecular formula is C17H20N2O2S. The predicted octanol–water partition coefficient (Wildman–Crippen LogP) is 3.66. The number of hydrogen-bond donors (Lipinski definition) is 0. The van der Waals surface area contributed by atoms with E-state index >= 15 is 0 Å². The quantitative estimate of drug-likeness (QED) is 0.480. The molecule has 0 aliphatic heterocycles. The minimum atomic E-state index is -0.0315. The number of thioether (sulfide) groups is 1. The van der Waals surface area contributed by atoms with Crippen molar-refractivity contribution in [2.24, 2.45) is 7.05 Å². The van der Waals surface area contributed by atoms with Crippen LogP contribution in [0.15, 0.2) is 29.2 Å². The fourth-order valence-electron chi connectivity index (χ4n) is 2.34. The average Bonchev–Trinajstić information content (AvgIpc) is 2.77. The molecule has 0 amide bonds. The number of allylic oxidation sites excluding steroid dienone is 1. The van der Waals surface area contributed by atoms with E-state index in [9.17, 15) is 4.79 Å². The van der Waals surface area contributed by atoms with Crippen LogP contribution in [-0.2, 0) is 7.05 Å². The van der Waals surface area contributed by atoms with Gasteiger partial charge in [0.2, 0.25) is 0 Å². The zero-order valence-electron chi connectivity index (χ0n) is 13.5. The van der Waals surface area contributed by atoms with Gasteiger partial charge in [0.15, 0.2) is 5.78 Å². The maximum atomic E-state index is 12.4. The van der Waals surface area contributed by atoms with E-state index in [0.717, 1.165) is 27.6 Å². The molecule has 0 bridgehead atoms. The van der Waals surface area contributed by atoms with Gasteiger partial charge in [0.25, 0.3) is 0 Å². The predicted molar refractivity (Wildman–Crippen MR) is 90.8 cm³/mol. The smallest absolute Gasteiger partial charge is 0.189 e. The fourth-order valence-corrected chi connectivity index (χ4v) is 2.89. The molecule has 0 N–H and O–H groups in total. The summed E-state index contributed by atoms with van der Waals surface area (Å²) in [4.78, 5) is 13.4. The monoisotopic (exact) mass is 316 g/mol. The highest BCUT2D eigenvalue weighted by Gasteiger charge is 2.14. The standard InChI is InChI=1S/C17H20N2O2S/c1-11-17(12(2)19(3)18-11)14(20)8-6-13-7-9-16(22-5)15(10-13)21-4/h6-10H,1-5H3/b8-6-. The second-order valence-electron chi connectivity index (χ2n) is 4.98. The van der Waals surface area contributed by atoms with Crippen molar-refractivity contribution < 1.29 is 9.53 Å². The lowest BCUT2D eigenvalue weighted by molar-refractivity contribution is 0.104. The van der Waals surface area contributed by atoms with Crippen LogP contribution in [0.3, 0.4) is 0 Å². The Morgan fingerprint density at radius 3 is 2.64 bits per heavy atom. The van der Waals surface area contributed by atoms with Crippen LogP contribution in [0.4, 0.5) is 0 Å². The van der Waals surface area contributed by atoms with Crippen molar-refractivity contribution in [3.05, 3.63) is 46.8 Å². The molecule has 1 aromatic carbocycles. The second-order valence-corrected chi connectivity index (χ2v) is 5.83. The number of nitrogens with zero attached hydrogens (tertiary/aromatic N) is 2. The number of rotatable bonds is 5. The Morgan fingerprint density at radius 2 is 2.09 bits per heavy atom. The summed E-state index contributed by atoms with van der Waals surface area (Å²) in [6.45, 7) is 3.75. The minimum Gasteiger partial charge on any atom is -0.496 e. The van der Waals surface area contributed by atoms with E-state index in [0.29, 0.717) is 5.56 Å². The van der Waals surface area contributed by atoms with E-state index < -0.39 is 0 Å². The van der Waals surface area contributed by atoms with Gasteiger partial charge in [-0.25, -0.2) is 0 Å². The summed E-state index contributed by atoms with van der Waals surface area (Å²) in [6.07, 6.45) is 5.40. The molecule has 0 saturated carbocycles. The molecule has 0 radical (unpaired) electrons. The Morgan fingerprint density at radius 1 is 1.36 bits per heavy atom. The van der Waals surface area contributed by atoms with Crippen LogP contribution in [0, 0.1) is 13.8 Å². The summed E-state index contributed by atoms with van der Waals surface area (Å²) in [5.41, 5.74) is 3.24. The largest absolute Gasteiger partial charge is 0.496 e. The third kappa shape index (κ3) is 3.25. The molecule has 0 fully saturated rings. The van der Waals surface area contributed by atoms with Gasteiger partial charge in [-0.3, -0.25) is 9.48 Å². The molecule has 0 saturated heterocycles. The molecule has 2 aromatic rings. The topological polar surface area (TPSA) is 44.1 Å². The van der Waals surface area contributed by atoms with Crippen molar-refractivity contribution in [2.45, 2.75) is 18.7 Å². The van der Waals surface area contributed by atoms with Crippen molar-refractivity contribution in [3.8, 4) is 5.75 Å². The van der Waals surface area contributed by atoms with Gasteiger partial charge in [-0.05, 0) is 43.9 Å². The first kappa shape index (κ1) is 16.4. The van der Waals surface area contributed by atoms with Crippen molar-refractivity contribution >= 4 is 23.6 Å². The molecule has 0 atom stereocenters. The number of carbonyl (C=O) groups is 1. The van der Waals surface area contributed by atoms with E-state index in [2.05, 4.69) is 5.10 Å². The van der Waals surface area contributed by atoms with E-state index in [1.807, 2.05) is 45.4 Å². The van der Waals surface area contributed by atoms with E-state index in [4.69, 9.17) is 4.74 Å². The molecule has 4 nitrogen and oxygen atoms in total. The molecule has 1 heterocycles. The fraction of sp³-hybridized carbons (Fsp3) is 0.294. The summed E-state index contributed by atoms with van der Waals surface area (Å²) >= 11 is 1.63. The zero-order chi connectivity index (χ0) is 16.3. The Hall–Kier alpha value is -2.01. The summed E-state index contributed by atoms with van der Waals surface area (Å²) in [7, 11) is 3.49. The number of ether oxygens (including phenoxy) is 1. The van der Waals surface area contributed by atoms with Gasteiger partial charge in [-0.15, -0.1) is 11.8 Å². The van der Waals surface area contributed by atoms with Crippen molar-refractivity contribution in [1.82, 2.24) is 9.78 Å². The maximum Gasteiger partial charge on any atom is 0.189 e. The Bertz CT molecular complexity index is 733. The number of ketones is 1. The Labute approximate surface area is 135 Å². The maximum absolute atomic E-state index is 12.4. The van der Waals surface area contributed by atoms with E-state index in [1.165, 1.54) is 0 Å². The van der Waals surface area contributed by atoms with Crippen LogP contribution in [0.2, 0.25) is 0 Å². The van der Waals surface area contributed by atoms with E-state index in [-0.39, 0.29) is 5.78 Å². The third-order valence-electron chi connectivity index (χ3n) is 3.59. The van der Waals surface area contributed by atoms with Gasteiger partial charge in [-0.1, -0.05) is 12.1 Å². The number of methoxy groups -OCH3 is 1. The minimum absolute atomic E-state index is 0.0315. The molecule has 0 spiro atoms. The number of carbonyl (C=O) groups excluding carboxylic acids is 1. The Kier molecular flexibility index (Phi) is 5.08. The van der Waals surface area contributed by atoms with Crippen molar-refractivity contribution in [1.29, 1.82) is 0 Å². The first-order valence-corrected chi connectivity index (χ1v) is 8.15. The van der Waals surface area contributed by atoms with Crippen LogP contribution < -0.4 is 4.74 Å². The Balaban J connectivity index is 2.26. The van der Waals surface area contributed by atoms with Crippen LogP contribution in [-0.4, -0.2) is 28.9 Å². The summed E-state index contributed by atoms with van der Waals surface area (Å²) in [5, 5.41) is 4.28. The summed E-state index contributed by atoms with van der Waals surface area (Å²) in [5.74, 6) is 0.784. The van der Waals surface area contributed by atoms with Crippen molar-refractivity contribution in [2.75, 3.05) is 13.4 Å². The van der Waals surface area contributed by atoms with Gasteiger partial charge >= 0.3 is 0 Å². The molecule has 2 rings (SSSR count). The lowest BCUT2D eigenvalue weighted by Gasteiger charge is -2.06. The normalized spacial score (nSPS) is 11.1. The van der Waals surface area contributed by atoms with Gasteiger partial charge in [0.1, 0.15) is 5.75 Å². The highest BCUT2D eigenvalue weighted by molar-refractivity contribution is 7.98. The summed E-state index contributed by atoms with van der Waals surface area (Å²) in [6, 6.07) is 5.90. The molecule has 5 heteroatoms. The van der Waals surface area contributed by atoms with Gasteiger partial charge in [0, 0.05) is 17.6 Å². The van der Waals surface area contributed by atoms with Crippen LogP contribution in [0.1, 0.15) is 27.3 Å². The summed E-state index contributed by atoms with van der Waals surface area (Å²) < 4.78 is 7.09.